The van der Waals surface area contributed by atoms with Gasteiger partial charge in [-0.1, -0.05) is 0 Å². The molecule has 0 aliphatic heterocycles. The number of esters is 1. The Balaban J connectivity index is 3.28. The second-order valence-electron chi connectivity index (χ2n) is 1.04. The molecular weight excluding hydrogens is 148 g/mol. The predicted octanol–water partition coefficient (Wildman–Crippen LogP) is -1.03. The van der Waals surface area contributed by atoms with Gasteiger partial charge in [0.1, 0.15) is 0 Å². The molecule has 0 spiro atoms. The van der Waals surface area contributed by atoms with Crippen molar-refractivity contribution in [2.24, 2.45) is 0 Å². The fraction of sp³-hybridized carbons (Fsp3) is 0.667. The van der Waals surface area contributed by atoms with Gasteiger partial charge in [-0.15, -0.1) is 0 Å². The third-order valence-electron chi connectivity index (χ3n) is 0.501. The molecule has 0 aliphatic rings. The maximum absolute atomic E-state index is 10.1. The van der Waals surface area contributed by atoms with Crippen molar-refractivity contribution in [1.82, 2.24) is 0 Å². The highest BCUT2D eigenvalue weighted by atomic mass is 32.2. The zero-order chi connectivity index (χ0) is 7.28. The second-order valence-corrected chi connectivity index (χ2v) is 1.69. The molecule has 0 aliphatic carbocycles. The van der Waals surface area contributed by atoms with Gasteiger partial charge in [0.15, 0.2) is 6.61 Å². The van der Waals surface area contributed by atoms with Crippen LogP contribution in [0.4, 0.5) is 0 Å². The van der Waals surface area contributed by atoms with Crippen molar-refractivity contribution < 1.29 is 22.5 Å². The van der Waals surface area contributed by atoms with Crippen LogP contribution in [0.5, 0.6) is 0 Å². The van der Waals surface area contributed by atoms with Gasteiger partial charge < -0.3 is 9.29 Å². The largest absolute Gasteiger partial charge is 0.750 e. The first-order chi connectivity index (χ1) is 4.16. The van der Waals surface area contributed by atoms with Gasteiger partial charge in [0, 0.05) is 0 Å². The Kier molecular flexibility index (Phi) is 4.20. The quantitative estimate of drug-likeness (QED) is 0.382. The molecule has 1 atom stereocenters. The van der Waals surface area contributed by atoms with Crippen molar-refractivity contribution >= 4 is 17.3 Å². The van der Waals surface area contributed by atoms with E-state index in [-0.39, 0.29) is 0 Å². The summed E-state index contributed by atoms with van der Waals surface area (Å²) < 4.78 is 27.1. The summed E-state index contributed by atoms with van der Waals surface area (Å²) in [7, 11) is 1.14. The first-order valence-electron chi connectivity index (χ1n) is 1.96. The minimum Gasteiger partial charge on any atom is -0.750 e. The standard InChI is InChI=1S/C3H6O5S/c1-7-3(4)2-8-9(5)6/h2H2,1H3,(H,5,6)/p-1. The van der Waals surface area contributed by atoms with Crippen LogP contribution in [-0.2, 0) is 25.1 Å². The van der Waals surface area contributed by atoms with Gasteiger partial charge in [0.25, 0.3) is 0 Å². The molecule has 9 heavy (non-hydrogen) atoms. The highest BCUT2D eigenvalue weighted by molar-refractivity contribution is 7.74. The van der Waals surface area contributed by atoms with Crippen molar-refractivity contribution in [3.63, 3.8) is 0 Å². The highest BCUT2D eigenvalue weighted by Gasteiger charge is 1.97. The van der Waals surface area contributed by atoms with Crippen molar-refractivity contribution in [1.29, 1.82) is 0 Å². The molecule has 6 heteroatoms. The molecule has 0 fully saturated rings. The SMILES string of the molecule is COC(=O)COS(=O)[O-]. The molecule has 0 amide bonds. The Labute approximate surface area is 54.4 Å². The number of rotatable bonds is 3. The van der Waals surface area contributed by atoms with E-state index < -0.39 is 23.9 Å². The minimum atomic E-state index is -2.64. The second kappa shape index (κ2) is 4.42. The van der Waals surface area contributed by atoms with Crippen molar-refractivity contribution in [3.05, 3.63) is 0 Å². The fourth-order valence-electron chi connectivity index (χ4n) is 0.155. The van der Waals surface area contributed by atoms with Crippen LogP contribution < -0.4 is 0 Å². The van der Waals surface area contributed by atoms with Crippen LogP contribution >= 0.6 is 0 Å². The Morgan fingerprint density at radius 3 is 2.67 bits per heavy atom. The van der Waals surface area contributed by atoms with Crippen LogP contribution in [0.15, 0.2) is 0 Å². The molecule has 0 bridgehead atoms. The van der Waals surface area contributed by atoms with Crippen LogP contribution in [0.3, 0.4) is 0 Å². The molecule has 54 valence electrons. The summed E-state index contributed by atoms with van der Waals surface area (Å²) in [6, 6.07) is 0. The van der Waals surface area contributed by atoms with Gasteiger partial charge in [-0.3, -0.25) is 4.18 Å². The predicted molar refractivity (Wildman–Crippen MR) is 26.9 cm³/mol. The lowest BCUT2D eigenvalue weighted by Gasteiger charge is -2.02. The van der Waals surface area contributed by atoms with E-state index >= 15 is 0 Å². The molecule has 0 saturated carbocycles. The van der Waals surface area contributed by atoms with Crippen LogP contribution in [0, 0.1) is 0 Å². The lowest BCUT2D eigenvalue weighted by molar-refractivity contribution is -0.142. The normalized spacial score (nSPS) is 12.7. The minimum absolute atomic E-state index is 0.563. The van der Waals surface area contributed by atoms with E-state index in [1.54, 1.807) is 0 Å². The Bertz CT molecular complexity index is 121. The van der Waals surface area contributed by atoms with Crippen LogP contribution in [-0.4, -0.2) is 28.4 Å². The molecular formula is C3H5O5S-. The molecule has 0 saturated heterocycles. The van der Waals surface area contributed by atoms with Gasteiger partial charge in [0.05, 0.1) is 18.5 Å². The van der Waals surface area contributed by atoms with E-state index in [0.717, 1.165) is 7.11 Å². The van der Waals surface area contributed by atoms with Crippen LogP contribution in [0.2, 0.25) is 0 Å². The first-order valence-corrected chi connectivity index (χ1v) is 2.96. The summed E-state index contributed by atoms with van der Waals surface area (Å²) in [6.07, 6.45) is 0. The molecule has 0 radical (unpaired) electrons. The Morgan fingerprint density at radius 1 is 1.78 bits per heavy atom. The molecule has 0 heterocycles. The van der Waals surface area contributed by atoms with Gasteiger partial charge >= 0.3 is 5.97 Å². The number of hydrogen-bond acceptors (Lipinski definition) is 5. The van der Waals surface area contributed by atoms with E-state index in [1.807, 2.05) is 0 Å². The number of methoxy groups -OCH3 is 1. The lowest BCUT2D eigenvalue weighted by Crippen LogP contribution is -2.11. The van der Waals surface area contributed by atoms with E-state index in [1.165, 1.54) is 0 Å². The topological polar surface area (TPSA) is 75.7 Å². The number of ether oxygens (including phenoxy) is 1. The fourth-order valence-corrected chi connectivity index (χ4v) is 0.348. The summed E-state index contributed by atoms with van der Waals surface area (Å²) in [6.45, 7) is -0.563. The third-order valence-corrected chi connectivity index (χ3v) is 0.811. The zero-order valence-electron chi connectivity index (χ0n) is 4.66. The Hall–Kier alpha value is -0.460. The van der Waals surface area contributed by atoms with E-state index in [0.29, 0.717) is 0 Å². The lowest BCUT2D eigenvalue weighted by atomic mass is 10.8. The molecule has 5 nitrogen and oxygen atoms in total. The molecule has 0 N–H and O–H groups in total. The summed E-state index contributed by atoms with van der Waals surface area (Å²) in [4.78, 5) is 10.1. The summed E-state index contributed by atoms with van der Waals surface area (Å²) >= 11 is -2.64. The summed E-state index contributed by atoms with van der Waals surface area (Å²) in [5.41, 5.74) is 0. The average Bonchev–Trinajstić information content (AvgIpc) is 1.83. The monoisotopic (exact) mass is 153 g/mol. The average molecular weight is 153 g/mol. The van der Waals surface area contributed by atoms with Gasteiger partial charge in [-0.25, -0.2) is 9.00 Å². The summed E-state index contributed by atoms with van der Waals surface area (Å²) in [5, 5.41) is 0. The molecule has 1 unspecified atom stereocenters. The van der Waals surface area contributed by atoms with Gasteiger partial charge in [-0.05, 0) is 0 Å². The smallest absolute Gasteiger partial charge is 0.333 e. The van der Waals surface area contributed by atoms with Crippen molar-refractivity contribution in [3.8, 4) is 0 Å². The van der Waals surface area contributed by atoms with Crippen molar-refractivity contribution in [2.75, 3.05) is 13.7 Å². The van der Waals surface area contributed by atoms with Gasteiger partial charge in [0.2, 0.25) is 0 Å². The maximum Gasteiger partial charge on any atom is 0.333 e. The van der Waals surface area contributed by atoms with Crippen LogP contribution in [0.25, 0.3) is 0 Å². The van der Waals surface area contributed by atoms with Gasteiger partial charge in [-0.2, -0.15) is 0 Å². The van der Waals surface area contributed by atoms with Crippen LogP contribution in [0.1, 0.15) is 0 Å². The molecule has 0 aromatic carbocycles. The number of carbonyl (C=O) groups excluding carboxylic acids is 1. The molecule has 0 aromatic heterocycles. The zero-order valence-corrected chi connectivity index (χ0v) is 5.47. The third kappa shape index (κ3) is 5.41. The maximum atomic E-state index is 10.1. The Morgan fingerprint density at radius 2 is 2.33 bits per heavy atom. The molecule has 0 aromatic rings. The summed E-state index contributed by atoms with van der Waals surface area (Å²) in [5.74, 6) is -0.723. The van der Waals surface area contributed by atoms with E-state index in [9.17, 15) is 13.6 Å². The van der Waals surface area contributed by atoms with Crippen molar-refractivity contribution in [2.45, 2.75) is 0 Å². The number of hydrogen-bond donors (Lipinski definition) is 0. The van der Waals surface area contributed by atoms with E-state index in [4.69, 9.17) is 0 Å². The highest BCUT2D eigenvalue weighted by Crippen LogP contribution is 1.80. The van der Waals surface area contributed by atoms with E-state index in [2.05, 4.69) is 8.92 Å². The first kappa shape index (κ1) is 8.54. The molecule has 0 rings (SSSR count). The number of carbonyl (C=O) groups is 1.